The molecule has 0 aliphatic carbocycles. The molecule has 1 aliphatic heterocycles. The number of carbonyl (C=O) groups excluding carboxylic acids is 1. The first-order valence-electron chi connectivity index (χ1n) is 10.6. The first kappa shape index (κ1) is 22.4. The average molecular weight is 465 g/mol. The van der Waals surface area contributed by atoms with Gasteiger partial charge in [-0.05, 0) is 42.2 Å². The summed E-state index contributed by atoms with van der Waals surface area (Å²) in [5, 5.41) is 11.8. The number of nitrogens with zero attached hydrogens (tertiary/aromatic N) is 2. The van der Waals surface area contributed by atoms with Gasteiger partial charge >= 0.3 is 0 Å². The van der Waals surface area contributed by atoms with Crippen molar-refractivity contribution in [3.63, 3.8) is 0 Å². The topological polar surface area (TPSA) is 69.1 Å². The van der Waals surface area contributed by atoms with Crippen LogP contribution in [0.3, 0.4) is 0 Å². The smallest absolute Gasteiger partial charge is 0.257 e. The number of pyridine rings is 1. The third kappa shape index (κ3) is 5.69. The van der Waals surface area contributed by atoms with Crippen LogP contribution in [-0.2, 0) is 12.8 Å². The molecule has 0 spiro atoms. The predicted molar refractivity (Wildman–Crippen MR) is 133 cm³/mol. The Kier molecular flexibility index (Phi) is 7.45. The van der Waals surface area contributed by atoms with Gasteiger partial charge in [0.25, 0.3) is 5.91 Å². The van der Waals surface area contributed by atoms with Crippen LogP contribution in [0.25, 0.3) is 0 Å². The summed E-state index contributed by atoms with van der Waals surface area (Å²) in [5.74, 6) is 3.07. The summed E-state index contributed by atoms with van der Waals surface area (Å²) in [6, 6.07) is 19.3. The Labute approximate surface area is 197 Å². The molecule has 2 aromatic carbocycles. The Morgan fingerprint density at radius 1 is 1.03 bits per heavy atom. The monoisotopic (exact) mass is 464 g/mol. The lowest BCUT2D eigenvalue weighted by Crippen LogP contribution is -2.37. The van der Waals surface area contributed by atoms with Crippen molar-refractivity contribution in [3.8, 4) is 0 Å². The maximum atomic E-state index is 12.8. The third-order valence-electron chi connectivity index (χ3n) is 5.47. The van der Waals surface area contributed by atoms with E-state index in [1.165, 1.54) is 11.8 Å². The second-order valence-electron chi connectivity index (χ2n) is 7.62. The molecule has 2 N–H and O–H groups in total. The van der Waals surface area contributed by atoms with Gasteiger partial charge in [-0.15, -0.1) is 0 Å². The van der Waals surface area contributed by atoms with E-state index in [0.717, 1.165) is 48.6 Å². The number of amidine groups is 1. The fourth-order valence-corrected chi connectivity index (χ4v) is 4.69. The van der Waals surface area contributed by atoms with E-state index in [1.54, 1.807) is 12.1 Å². The molecule has 7 heteroatoms. The third-order valence-corrected chi connectivity index (χ3v) is 6.63. The Morgan fingerprint density at radius 3 is 2.50 bits per heavy atom. The molecule has 4 rings (SSSR count). The number of benzene rings is 2. The highest BCUT2D eigenvalue weighted by molar-refractivity contribution is 7.99. The molecular formula is C25H25ClN4OS. The van der Waals surface area contributed by atoms with Crippen molar-refractivity contribution in [1.82, 2.24) is 9.88 Å². The summed E-state index contributed by atoms with van der Waals surface area (Å²) in [7, 11) is 0. The number of aromatic nitrogens is 1. The van der Waals surface area contributed by atoms with Crippen molar-refractivity contribution in [3.05, 3.63) is 94.1 Å². The second kappa shape index (κ2) is 10.7. The lowest BCUT2D eigenvalue weighted by molar-refractivity contribution is 0.102. The van der Waals surface area contributed by atoms with Crippen molar-refractivity contribution in [2.24, 2.45) is 0 Å². The highest BCUT2D eigenvalue weighted by Gasteiger charge is 2.15. The zero-order valence-electron chi connectivity index (χ0n) is 17.7. The quantitative estimate of drug-likeness (QED) is 0.391. The molecule has 1 aromatic heterocycles. The molecule has 0 bridgehead atoms. The van der Waals surface area contributed by atoms with Gasteiger partial charge in [-0.3, -0.25) is 10.2 Å². The van der Waals surface area contributed by atoms with E-state index in [1.807, 2.05) is 48.2 Å². The first-order valence-corrected chi connectivity index (χ1v) is 12.1. The molecule has 5 nitrogen and oxygen atoms in total. The van der Waals surface area contributed by atoms with E-state index < -0.39 is 0 Å². The zero-order chi connectivity index (χ0) is 22.3. The SMILES string of the molecule is N=C(c1ccc(CCc2ccccc2C(=O)Nc2ccc(Cl)cn2)cc1)N1CCSCC1. The largest absolute Gasteiger partial charge is 0.355 e. The number of anilines is 1. The number of carbonyl (C=O) groups is 1. The lowest BCUT2D eigenvalue weighted by Gasteiger charge is -2.28. The number of nitrogens with one attached hydrogen (secondary N) is 2. The van der Waals surface area contributed by atoms with Crippen LogP contribution < -0.4 is 5.32 Å². The van der Waals surface area contributed by atoms with Crippen molar-refractivity contribution in [2.75, 3.05) is 29.9 Å². The van der Waals surface area contributed by atoms with Crippen molar-refractivity contribution >= 4 is 40.9 Å². The molecule has 0 saturated carbocycles. The number of thioether (sulfide) groups is 1. The highest BCUT2D eigenvalue weighted by Crippen LogP contribution is 2.17. The van der Waals surface area contributed by atoms with Gasteiger partial charge in [-0.2, -0.15) is 11.8 Å². The number of halogens is 1. The zero-order valence-corrected chi connectivity index (χ0v) is 19.3. The molecule has 1 fully saturated rings. The minimum absolute atomic E-state index is 0.182. The fourth-order valence-electron chi connectivity index (χ4n) is 3.67. The van der Waals surface area contributed by atoms with Crippen LogP contribution in [0, 0.1) is 5.41 Å². The molecule has 1 amide bonds. The molecule has 3 aromatic rings. The second-order valence-corrected chi connectivity index (χ2v) is 9.28. The Morgan fingerprint density at radius 2 is 1.78 bits per heavy atom. The predicted octanol–water partition coefficient (Wildman–Crippen LogP) is 5.15. The minimum atomic E-state index is -0.182. The molecular weight excluding hydrogens is 440 g/mol. The molecule has 0 radical (unpaired) electrons. The molecule has 1 aliphatic rings. The van der Waals surface area contributed by atoms with E-state index in [2.05, 4.69) is 27.3 Å². The summed E-state index contributed by atoms with van der Waals surface area (Å²) in [6.07, 6.45) is 3.08. The molecule has 0 unspecified atom stereocenters. The molecule has 2 heterocycles. The molecule has 32 heavy (non-hydrogen) atoms. The summed E-state index contributed by atoms with van der Waals surface area (Å²) < 4.78 is 0. The maximum absolute atomic E-state index is 12.8. The first-order chi connectivity index (χ1) is 15.6. The standard InChI is InChI=1S/C25H25ClN4OS/c26-21-11-12-23(28-17-21)29-25(31)22-4-2-1-3-19(22)8-5-18-6-9-20(10-7-18)24(27)30-13-15-32-16-14-30/h1-4,6-7,9-12,17,27H,5,8,13-16H2,(H,28,29,31). The van der Waals surface area contributed by atoms with Crippen LogP contribution in [0.5, 0.6) is 0 Å². The van der Waals surface area contributed by atoms with Gasteiger partial charge in [0.05, 0.1) is 5.02 Å². The van der Waals surface area contributed by atoms with Gasteiger partial charge in [-0.25, -0.2) is 4.98 Å². The maximum Gasteiger partial charge on any atom is 0.257 e. The number of amides is 1. The fraction of sp³-hybridized carbons (Fsp3) is 0.240. The summed E-state index contributed by atoms with van der Waals surface area (Å²) in [4.78, 5) is 19.1. The van der Waals surface area contributed by atoms with E-state index in [9.17, 15) is 4.79 Å². The summed E-state index contributed by atoms with van der Waals surface area (Å²) in [6.45, 7) is 1.88. The normalized spacial score (nSPS) is 13.6. The van der Waals surface area contributed by atoms with Gasteiger partial charge in [0.15, 0.2) is 0 Å². The van der Waals surface area contributed by atoms with Gasteiger partial charge in [0.1, 0.15) is 11.7 Å². The van der Waals surface area contributed by atoms with Crippen LogP contribution in [-0.4, -0.2) is 46.2 Å². The summed E-state index contributed by atoms with van der Waals surface area (Å²) in [5.41, 5.74) is 3.77. The van der Waals surface area contributed by atoms with Crippen LogP contribution >= 0.6 is 23.4 Å². The highest BCUT2D eigenvalue weighted by atomic mass is 35.5. The van der Waals surface area contributed by atoms with Crippen LogP contribution in [0.4, 0.5) is 5.82 Å². The van der Waals surface area contributed by atoms with Gasteiger partial charge in [0.2, 0.25) is 0 Å². The molecule has 164 valence electrons. The van der Waals surface area contributed by atoms with Gasteiger partial charge < -0.3 is 10.2 Å². The van der Waals surface area contributed by atoms with Crippen LogP contribution in [0.15, 0.2) is 66.9 Å². The van der Waals surface area contributed by atoms with E-state index in [0.29, 0.717) is 22.2 Å². The number of hydrogen-bond donors (Lipinski definition) is 2. The van der Waals surface area contributed by atoms with E-state index in [-0.39, 0.29) is 5.91 Å². The number of rotatable bonds is 6. The van der Waals surface area contributed by atoms with Crippen molar-refractivity contribution < 1.29 is 4.79 Å². The van der Waals surface area contributed by atoms with Crippen molar-refractivity contribution in [2.45, 2.75) is 12.8 Å². The molecule has 1 saturated heterocycles. The van der Waals surface area contributed by atoms with Gasteiger partial charge in [-0.1, -0.05) is 54.1 Å². The number of hydrogen-bond acceptors (Lipinski definition) is 4. The lowest BCUT2D eigenvalue weighted by atomic mass is 9.98. The van der Waals surface area contributed by atoms with E-state index >= 15 is 0 Å². The minimum Gasteiger partial charge on any atom is -0.355 e. The van der Waals surface area contributed by atoms with E-state index in [4.69, 9.17) is 17.0 Å². The van der Waals surface area contributed by atoms with Crippen LogP contribution in [0.1, 0.15) is 27.0 Å². The van der Waals surface area contributed by atoms with Crippen molar-refractivity contribution in [1.29, 1.82) is 5.41 Å². The average Bonchev–Trinajstić information content (AvgIpc) is 2.85. The Bertz CT molecular complexity index is 1080. The Balaban J connectivity index is 1.39. The molecule has 0 atom stereocenters. The Hall–Kier alpha value is -2.83. The summed E-state index contributed by atoms with van der Waals surface area (Å²) >= 11 is 7.81. The number of aryl methyl sites for hydroxylation is 2. The van der Waals surface area contributed by atoms with Crippen LogP contribution in [0.2, 0.25) is 5.02 Å². The van der Waals surface area contributed by atoms with Gasteiger partial charge in [0, 0.05) is 41.9 Å².